The highest BCUT2D eigenvalue weighted by Gasteiger charge is 2.14. The van der Waals surface area contributed by atoms with Crippen LogP contribution in [0.4, 0.5) is 0 Å². The second-order valence-corrected chi connectivity index (χ2v) is 2.61. The summed E-state index contributed by atoms with van der Waals surface area (Å²) in [5.41, 5.74) is 1.46. The summed E-state index contributed by atoms with van der Waals surface area (Å²) >= 11 is 0. The molecule has 2 N–H and O–H groups in total. The molecule has 1 aromatic rings. The molecular weight excluding hydrogens is 172 g/mol. The highest BCUT2D eigenvalue weighted by molar-refractivity contribution is 5.71. The molecule has 0 unspecified atom stereocenters. The number of aliphatic carboxylic acids is 1. The minimum absolute atomic E-state index is 0.0527. The number of carboxylic acids is 1. The number of H-pyrrole nitrogens is 1. The molecule has 0 saturated heterocycles. The number of hydrogen-bond acceptors (Lipinski definition) is 3. The molecule has 0 saturated carbocycles. The smallest absolute Gasteiger partial charge is 0.308 e. The Kier molecular flexibility index (Phi) is 2.89. The highest BCUT2D eigenvalue weighted by Crippen LogP contribution is 2.19. The van der Waals surface area contributed by atoms with Crippen molar-refractivity contribution in [2.75, 3.05) is 7.11 Å². The van der Waals surface area contributed by atoms with Crippen LogP contribution < -0.4 is 4.74 Å². The number of hydrogen-bond donors (Lipinski definition) is 2. The number of ether oxygens (including phenoxy) is 1. The van der Waals surface area contributed by atoms with Gasteiger partial charge in [-0.05, 0) is 6.42 Å². The number of carboxylic acid groups (broad SMARTS) is 1. The lowest BCUT2D eigenvalue weighted by Crippen LogP contribution is -2.03. The van der Waals surface area contributed by atoms with E-state index >= 15 is 0 Å². The normalized spacial score (nSPS) is 10.0. The van der Waals surface area contributed by atoms with Crippen LogP contribution in [-0.2, 0) is 17.6 Å². The van der Waals surface area contributed by atoms with Crippen LogP contribution in [0.25, 0.3) is 0 Å². The van der Waals surface area contributed by atoms with Crippen molar-refractivity contribution in [2.45, 2.75) is 19.8 Å². The molecule has 1 heterocycles. The predicted octanol–water partition coefficient (Wildman–Crippen LogP) is 0.608. The lowest BCUT2D eigenvalue weighted by Gasteiger charge is -1.99. The summed E-state index contributed by atoms with van der Waals surface area (Å²) in [5, 5.41) is 15.2. The van der Waals surface area contributed by atoms with Gasteiger partial charge in [-0.25, -0.2) is 0 Å². The Hall–Kier alpha value is -1.52. The van der Waals surface area contributed by atoms with Gasteiger partial charge in [0.25, 0.3) is 0 Å². The fourth-order valence-corrected chi connectivity index (χ4v) is 1.18. The quantitative estimate of drug-likeness (QED) is 0.718. The second-order valence-electron chi connectivity index (χ2n) is 2.61. The molecule has 72 valence electrons. The van der Waals surface area contributed by atoms with Crippen LogP contribution in [0.1, 0.15) is 18.2 Å². The van der Waals surface area contributed by atoms with Crippen LogP contribution in [0.15, 0.2) is 0 Å². The lowest BCUT2D eigenvalue weighted by molar-refractivity contribution is -0.136. The van der Waals surface area contributed by atoms with Crippen molar-refractivity contribution in [1.29, 1.82) is 0 Å². The van der Waals surface area contributed by atoms with E-state index < -0.39 is 5.97 Å². The minimum atomic E-state index is -0.880. The van der Waals surface area contributed by atoms with Gasteiger partial charge in [0.15, 0.2) is 0 Å². The van der Waals surface area contributed by atoms with Gasteiger partial charge in [0, 0.05) is 11.3 Å². The van der Waals surface area contributed by atoms with E-state index in [2.05, 4.69) is 10.2 Å². The third-order valence-electron chi connectivity index (χ3n) is 1.79. The maximum Gasteiger partial charge on any atom is 0.308 e. The van der Waals surface area contributed by atoms with Crippen LogP contribution in [0.5, 0.6) is 5.88 Å². The zero-order valence-electron chi connectivity index (χ0n) is 7.63. The third-order valence-corrected chi connectivity index (χ3v) is 1.79. The van der Waals surface area contributed by atoms with Crippen LogP contribution >= 0.6 is 0 Å². The zero-order valence-corrected chi connectivity index (χ0v) is 7.63. The van der Waals surface area contributed by atoms with Crippen LogP contribution in [-0.4, -0.2) is 28.4 Å². The minimum Gasteiger partial charge on any atom is -0.481 e. The van der Waals surface area contributed by atoms with Crippen molar-refractivity contribution in [3.8, 4) is 5.88 Å². The fraction of sp³-hybridized carbons (Fsp3) is 0.500. The monoisotopic (exact) mass is 184 g/mol. The molecule has 0 aromatic carbocycles. The van der Waals surface area contributed by atoms with Gasteiger partial charge in [0.05, 0.1) is 13.5 Å². The van der Waals surface area contributed by atoms with E-state index in [-0.39, 0.29) is 6.42 Å². The number of nitrogens with zero attached hydrogens (tertiary/aromatic N) is 1. The molecule has 1 rings (SSSR count). The van der Waals surface area contributed by atoms with Gasteiger partial charge >= 0.3 is 5.97 Å². The van der Waals surface area contributed by atoms with Crippen molar-refractivity contribution in [1.82, 2.24) is 10.2 Å². The molecule has 0 amide bonds. The molecule has 0 radical (unpaired) electrons. The molecule has 0 fully saturated rings. The molecule has 0 bridgehead atoms. The number of carbonyl (C=O) groups is 1. The Balaban J connectivity index is 2.97. The summed E-state index contributed by atoms with van der Waals surface area (Å²) in [4.78, 5) is 10.5. The maximum absolute atomic E-state index is 10.5. The van der Waals surface area contributed by atoms with Gasteiger partial charge in [-0.1, -0.05) is 6.92 Å². The first kappa shape index (κ1) is 9.57. The summed E-state index contributed by atoms with van der Waals surface area (Å²) in [7, 11) is 1.47. The summed E-state index contributed by atoms with van der Waals surface area (Å²) in [5.74, 6) is -0.506. The van der Waals surface area contributed by atoms with Crippen molar-refractivity contribution < 1.29 is 14.6 Å². The molecule has 0 aliphatic rings. The van der Waals surface area contributed by atoms with Crippen molar-refractivity contribution in [3.05, 3.63) is 11.3 Å². The summed E-state index contributed by atoms with van der Waals surface area (Å²) in [6, 6.07) is 0. The van der Waals surface area contributed by atoms with Gasteiger partial charge in [-0.15, -0.1) is 5.10 Å². The standard InChI is InChI=1S/C8H12N2O3/c1-3-6-5(4-7(11)12)8(13-2)10-9-6/h3-4H2,1-2H3,(H,9,10)(H,11,12). The van der Waals surface area contributed by atoms with Gasteiger partial charge in [0.2, 0.25) is 5.88 Å². The molecule has 0 aliphatic heterocycles. The van der Waals surface area contributed by atoms with E-state index in [1.54, 1.807) is 0 Å². The number of aromatic amines is 1. The van der Waals surface area contributed by atoms with E-state index in [0.717, 1.165) is 12.1 Å². The highest BCUT2D eigenvalue weighted by atomic mass is 16.5. The predicted molar refractivity (Wildman–Crippen MR) is 45.9 cm³/mol. The Morgan fingerprint density at radius 1 is 1.69 bits per heavy atom. The van der Waals surface area contributed by atoms with E-state index in [9.17, 15) is 4.79 Å². The molecular formula is C8H12N2O3. The van der Waals surface area contributed by atoms with Crippen LogP contribution in [0, 0.1) is 0 Å². The Morgan fingerprint density at radius 3 is 2.85 bits per heavy atom. The van der Waals surface area contributed by atoms with Crippen molar-refractivity contribution >= 4 is 5.97 Å². The zero-order chi connectivity index (χ0) is 9.84. The Morgan fingerprint density at radius 2 is 2.38 bits per heavy atom. The SMILES string of the molecule is CCc1[nH]nc(OC)c1CC(=O)O. The molecule has 0 spiro atoms. The van der Waals surface area contributed by atoms with Gasteiger partial charge in [-0.3, -0.25) is 9.89 Å². The fourth-order valence-electron chi connectivity index (χ4n) is 1.18. The van der Waals surface area contributed by atoms with Crippen LogP contribution in [0.2, 0.25) is 0 Å². The average Bonchev–Trinajstić information content (AvgIpc) is 2.46. The molecule has 5 heteroatoms. The number of methoxy groups -OCH3 is 1. The second kappa shape index (κ2) is 3.93. The van der Waals surface area contributed by atoms with Gasteiger partial charge in [-0.2, -0.15) is 0 Å². The molecule has 1 aromatic heterocycles. The van der Waals surface area contributed by atoms with E-state index in [1.165, 1.54) is 7.11 Å². The van der Waals surface area contributed by atoms with Gasteiger partial charge < -0.3 is 9.84 Å². The largest absolute Gasteiger partial charge is 0.481 e. The Labute approximate surface area is 75.7 Å². The van der Waals surface area contributed by atoms with Crippen molar-refractivity contribution in [3.63, 3.8) is 0 Å². The number of rotatable bonds is 4. The first-order valence-electron chi connectivity index (χ1n) is 4.01. The Bertz CT molecular complexity index is 285. The van der Waals surface area contributed by atoms with E-state index in [1.807, 2.05) is 6.92 Å². The van der Waals surface area contributed by atoms with Crippen LogP contribution in [0.3, 0.4) is 0 Å². The third kappa shape index (κ3) is 1.99. The topological polar surface area (TPSA) is 75.2 Å². The maximum atomic E-state index is 10.5. The average molecular weight is 184 g/mol. The van der Waals surface area contributed by atoms with E-state index in [0.29, 0.717) is 11.4 Å². The first-order valence-corrected chi connectivity index (χ1v) is 4.01. The summed E-state index contributed by atoms with van der Waals surface area (Å²) < 4.78 is 4.92. The lowest BCUT2D eigenvalue weighted by atomic mass is 10.1. The molecule has 13 heavy (non-hydrogen) atoms. The van der Waals surface area contributed by atoms with E-state index in [4.69, 9.17) is 9.84 Å². The summed E-state index contributed by atoms with van der Waals surface area (Å²) in [6.45, 7) is 1.93. The number of nitrogens with one attached hydrogen (secondary N) is 1. The number of aromatic nitrogens is 2. The van der Waals surface area contributed by atoms with Crippen molar-refractivity contribution in [2.24, 2.45) is 0 Å². The molecule has 0 atom stereocenters. The molecule has 5 nitrogen and oxygen atoms in total. The first-order chi connectivity index (χ1) is 6.19. The van der Waals surface area contributed by atoms with Gasteiger partial charge in [0.1, 0.15) is 0 Å². The molecule has 0 aliphatic carbocycles. The number of aryl methyl sites for hydroxylation is 1. The summed E-state index contributed by atoms with van der Waals surface area (Å²) in [6.07, 6.45) is 0.668.